The van der Waals surface area contributed by atoms with Crippen LogP contribution < -0.4 is 0 Å². The van der Waals surface area contributed by atoms with Crippen molar-refractivity contribution in [3.8, 4) is 23.0 Å². The fourth-order valence-electron chi connectivity index (χ4n) is 2.37. The van der Waals surface area contributed by atoms with Gasteiger partial charge in [-0.3, -0.25) is 9.11 Å². The number of hydrogen-bond acceptors (Lipinski definition) is 8. The number of rotatable bonds is 5. The third-order valence-corrected chi connectivity index (χ3v) is 7.27. The number of phenolic OH excluding ortho intramolecular Hbond substituents is 4. The maximum atomic E-state index is 11.3. The van der Waals surface area contributed by atoms with E-state index >= 15 is 0 Å². The monoisotopic (exact) mass is 440 g/mol. The summed E-state index contributed by atoms with van der Waals surface area (Å²) in [7, 11) is -11.2. The second-order valence-electron chi connectivity index (χ2n) is 5.57. The van der Waals surface area contributed by atoms with Gasteiger partial charge >= 0.3 is 0 Å². The van der Waals surface area contributed by atoms with Crippen LogP contribution >= 0.6 is 10.9 Å². The molecule has 2 aromatic rings. The minimum atomic E-state index is -4.83. The Bertz CT molecular complexity index is 1110. The summed E-state index contributed by atoms with van der Waals surface area (Å²) in [5, 5.41) is 39.5. The Kier molecular flexibility index (Phi) is 5.54. The fourth-order valence-corrected chi connectivity index (χ4v) is 5.48. The highest BCUT2D eigenvalue weighted by molar-refractivity contribution is 8.15. The van der Waals surface area contributed by atoms with Crippen molar-refractivity contribution < 1.29 is 46.4 Å². The number of aromatic hydroxyl groups is 4. The molecule has 0 bridgehead atoms. The van der Waals surface area contributed by atoms with E-state index in [4.69, 9.17) is 9.11 Å². The second kappa shape index (κ2) is 7.09. The van der Waals surface area contributed by atoms with Crippen LogP contribution in [0.1, 0.15) is 5.56 Å². The van der Waals surface area contributed by atoms with E-state index < -0.39 is 63.9 Å². The Labute approximate surface area is 157 Å². The molecular formula is C14H16O10S3. The average molecular weight is 440 g/mol. The van der Waals surface area contributed by atoms with Gasteiger partial charge in [0, 0.05) is 28.3 Å². The lowest BCUT2D eigenvalue weighted by molar-refractivity contribution is 0.421. The van der Waals surface area contributed by atoms with Crippen molar-refractivity contribution >= 4 is 31.1 Å². The molecule has 0 amide bonds. The molecule has 27 heavy (non-hydrogen) atoms. The molecule has 6 N–H and O–H groups in total. The van der Waals surface area contributed by atoms with Crippen LogP contribution in [0.3, 0.4) is 0 Å². The molecule has 2 rings (SSSR count). The molecule has 0 saturated heterocycles. The van der Waals surface area contributed by atoms with Crippen LogP contribution in [-0.2, 0) is 26.0 Å². The molecule has 0 aliphatic carbocycles. The van der Waals surface area contributed by atoms with E-state index in [-0.39, 0.29) is 16.2 Å². The van der Waals surface area contributed by atoms with Gasteiger partial charge in [-0.2, -0.15) is 16.8 Å². The molecule has 0 aromatic heterocycles. The highest BCUT2D eigenvalue weighted by Crippen LogP contribution is 2.48. The molecule has 0 aliphatic rings. The van der Waals surface area contributed by atoms with Gasteiger partial charge in [0.1, 0.15) is 32.8 Å². The van der Waals surface area contributed by atoms with Gasteiger partial charge in [0.25, 0.3) is 20.2 Å². The van der Waals surface area contributed by atoms with Crippen molar-refractivity contribution in [2.24, 2.45) is 0 Å². The molecule has 13 heteroatoms. The molecule has 0 aliphatic heterocycles. The van der Waals surface area contributed by atoms with Gasteiger partial charge < -0.3 is 20.4 Å². The summed E-state index contributed by atoms with van der Waals surface area (Å²) in [6.45, 7) is 0. The maximum absolute atomic E-state index is 11.3. The summed E-state index contributed by atoms with van der Waals surface area (Å²) < 4.78 is 63.5. The van der Waals surface area contributed by atoms with Crippen molar-refractivity contribution in [2.75, 3.05) is 6.26 Å². The largest absolute Gasteiger partial charge is 0.508 e. The minimum absolute atomic E-state index is 0.0613. The first-order valence-corrected chi connectivity index (χ1v) is 11.8. The van der Waals surface area contributed by atoms with Crippen molar-refractivity contribution in [1.29, 1.82) is 0 Å². The zero-order valence-electron chi connectivity index (χ0n) is 13.6. The summed E-state index contributed by atoms with van der Waals surface area (Å²) in [6, 6.07) is 3.39. The Morgan fingerprint density at radius 3 is 1.70 bits per heavy atom. The Hall–Kier alpha value is -2.19. The number of thiol groups is 1. The third-order valence-electron chi connectivity index (χ3n) is 3.55. The van der Waals surface area contributed by atoms with E-state index in [0.717, 1.165) is 12.1 Å². The molecule has 1 unspecified atom stereocenters. The lowest BCUT2D eigenvalue weighted by Crippen LogP contribution is -2.02. The molecule has 2 aromatic carbocycles. The van der Waals surface area contributed by atoms with E-state index in [1.165, 1.54) is 6.26 Å². The molecule has 0 fully saturated rings. The average Bonchev–Trinajstić information content (AvgIpc) is 2.50. The Morgan fingerprint density at radius 1 is 0.778 bits per heavy atom. The van der Waals surface area contributed by atoms with Crippen LogP contribution in [0.15, 0.2) is 39.0 Å². The zero-order valence-corrected chi connectivity index (χ0v) is 16.1. The minimum Gasteiger partial charge on any atom is -0.508 e. The van der Waals surface area contributed by atoms with Gasteiger partial charge in [0.05, 0.1) is 0 Å². The number of phenols is 4. The molecule has 0 heterocycles. The molecular weight excluding hydrogens is 424 g/mol. The molecule has 1 atom stereocenters. The first-order chi connectivity index (χ1) is 12.2. The molecule has 0 saturated carbocycles. The molecule has 10 nitrogen and oxygen atoms in total. The predicted molar refractivity (Wildman–Crippen MR) is 96.1 cm³/mol. The lowest BCUT2D eigenvalue weighted by Gasteiger charge is -2.20. The smallest absolute Gasteiger partial charge is 0.298 e. The van der Waals surface area contributed by atoms with E-state index in [1.54, 1.807) is 0 Å². The number of benzene rings is 2. The molecule has 150 valence electrons. The standard InChI is InChI=1S/C14H16O10S3/c1-25(10-3-9(16)5-12(14(10)18)27(22,23)24)6-7-2-8(15)4-11(13(7)17)26(19,20)21/h2-5,15-18,25H,6H2,1H3,(H,19,20,21)(H,22,23,24). The molecule has 0 spiro atoms. The van der Waals surface area contributed by atoms with Crippen LogP contribution in [0.25, 0.3) is 0 Å². The van der Waals surface area contributed by atoms with Crippen LogP contribution in [0.2, 0.25) is 0 Å². The Balaban J connectivity index is 2.55. The van der Waals surface area contributed by atoms with Gasteiger partial charge in [-0.25, -0.2) is 10.9 Å². The van der Waals surface area contributed by atoms with Crippen LogP contribution in [-0.4, -0.2) is 52.6 Å². The first kappa shape index (κ1) is 21.1. The second-order valence-corrected chi connectivity index (χ2v) is 10.5. The van der Waals surface area contributed by atoms with Gasteiger partial charge in [0.2, 0.25) is 0 Å². The summed E-state index contributed by atoms with van der Waals surface area (Å²) in [5.74, 6) is -2.90. The number of hydrogen-bond donors (Lipinski definition) is 7. The quantitative estimate of drug-likeness (QED) is 0.202. The summed E-state index contributed by atoms with van der Waals surface area (Å²) in [5.41, 5.74) is -0.104. The highest BCUT2D eigenvalue weighted by Gasteiger charge is 2.24. The summed E-state index contributed by atoms with van der Waals surface area (Å²) >= 11 is 0. The van der Waals surface area contributed by atoms with E-state index in [1.807, 2.05) is 0 Å². The lowest BCUT2D eigenvalue weighted by atomic mass is 10.2. The van der Waals surface area contributed by atoms with E-state index in [2.05, 4.69) is 0 Å². The van der Waals surface area contributed by atoms with Crippen molar-refractivity contribution in [3.63, 3.8) is 0 Å². The Morgan fingerprint density at radius 2 is 1.22 bits per heavy atom. The van der Waals surface area contributed by atoms with Crippen molar-refractivity contribution in [1.82, 2.24) is 0 Å². The summed E-state index contributed by atoms with van der Waals surface area (Å²) in [6.07, 6.45) is 1.51. The van der Waals surface area contributed by atoms with Gasteiger partial charge in [-0.15, -0.1) is 0 Å². The summed E-state index contributed by atoms with van der Waals surface area (Å²) in [4.78, 5) is -1.89. The van der Waals surface area contributed by atoms with Gasteiger partial charge in [-0.05, 0) is 18.4 Å². The maximum Gasteiger partial charge on any atom is 0.298 e. The fraction of sp³-hybridized carbons (Fsp3) is 0.143. The third kappa shape index (κ3) is 4.56. The van der Waals surface area contributed by atoms with Crippen LogP contribution in [0, 0.1) is 0 Å². The van der Waals surface area contributed by atoms with Crippen molar-refractivity contribution in [3.05, 3.63) is 29.8 Å². The zero-order chi connectivity index (χ0) is 20.7. The SMILES string of the molecule is C[SH](Cc1cc(O)cc(S(=O)(=O)O)c1O)c1cc(O)cc(S(=O)(=O)O)c1O. The van der Waals surface area contributed by atoms with Gasteiger partial charge in [0.15, 0.2) is 0 Å². The van der Waals surface area contributed by atoms with Gasteiger partial charge in [-0.1, -0.05) is 0 Å². The predicted octanol–water partition coefficient (Wildman–Crippen LogP) is 1.19. The van der Waals surface area contributed by atoms with Crippen molar-refractivity contribution in [2.45, 2.75) is 20.4 Å². The van der Waals surface area contributed by atoms with E-state index in [0.29, 0.717) is 12.1 Å². The van der Waals surface area contributed by atoms with Crippen LogP contribution in [0.5, 0.6) is 23.0 Å². The van der Waals surface area contributed by atoms with E-state index in [9.17, 15) is 37.3 Å². The molecule has 0 radical (unpaired) electrons. The highest BCUT2D eigenvalue weighted by atomic mass is 32.2. The normalized spacial score (nSPS) is 14.1. The first-order valence-electron chi connectivity index (χ1n) is 6.98. The topological polar surface area (TPSA) is 190 Å². The van der Waals surface area contributed by atoms with Crippen LogP contribution in [0.4, 0.5) is 0 Å².